The van der Waals surface area contributed by atoms with Gasteiger partial charge in [-0.1, -0.05) is 34.1 Å². The van der Waals surface area contributed by atoms with Crippen molar-refractivity contribution < 1.29 is 4.79 Å². The molecular weight excluding hydrogens is 366 g/mol. The molecule has 0 radical (unpaired) electrons. The number of fused-ring (bicyclic) bond motifs is 1. The van der Waals surface area contributed by atoms with Crippen LogP contribution in [0.3, 0.4) is 0 Å². The van der Waals surface area contributed by atoms with Crippen molar-refractivity contribution in [2.45, 2.75) is 0 Å². The van der Waals surface area contributed by atoms with E-state index >= 15 is 0 Å². The summed E-state index contributed by atoms with van der Waals surface area (Å²) in [6.45, 7) is 3.74. The summed E-state index contributed by atoms with van der Waals surface area (Å²) in [5, 5.41) is 2.93. The van der Waals surface area contributed by atoms with Crippen LogP contribution in [0.1, 0.15) is 5.56 Å². The summed E-state index contributed by atoms with van der Waals surface area (Å²) in [4.78, 5) is 16.9. The molecule has 122 valence electrons. The predicted molar refractivity (Wildman–Crippen MR) is 101 cm³/mol. The number of carbonyl (C=O) groups is 1. The molecule has 4 rings (SSSR count). The van der Waals surface area contributed by atoms with Gasteiger partial charge in [-0.15, -0.1) is 0 Å². The minimum Gasteiger partial charge on any atom is -0.373 e. The van der Waals surface area contributed by atoms with Crippen molar-refractivity contribution >= 4 is 38.8 Å². The second-order valence-corrected chi connectivity index (χ2v) is 6.96. The Hall–Kier alpha value is -2.27. The molecule has 2 heterocycles. The lowest BCUT2D eigenvalue weighted by Gasteiger charge is -2.35. The van der Waals surface area contributed by atoms with Gasteiger partial charge in [0.15, 0.2) is 0 Å². The van der Waals surface area contributed by atoms with Gasteiger partial charge in [0.05, 0.1) is 5.57 Å². The fourth-order valence-corrected chi connectivity index (χ4v) is 3.58. The first-order valence-electron chi connectivity index (χ1n) is 8.08. The van der Waals surface area contributed by atoms with Crippen LogP contribution < -0.4 is 10.2 Å². The zero-order valence-corrected chi connectivity index (χ0v) is 14.8. The lowest BCUT2D eigenvalue weighted by Crippen LogP contribution is -2.44. The van der Waals surface area contributed by atoms with Gasteiger partial charge in [-0.3, -0.25) is 4.79 Å². The van der Waals surface area contributed by atoms with E-state index in [0.29, 0.717) is 0 Å². The number of nitrogens with one attached hydrogen (secondary N) is 1. The third-order valence-corrected chi connectivity index (χ3v) is 5.01. The molecule has 0 saturated carbocycles. The van der Waals surface area contributed by atoms with E-state index in [9.17, 15) is 4.79 Å². The number of hydrogen-bond donors (Lipinski definition) is 1. The van der Waals surface area contributed by atoms with E-state index in [2.05, 4.69) is 55.3 Å². The minimum absolute atomic E-state index is 0.0198. The molecule has 0 spiro atoms. The van der Waals surface area contributed by atoms with Crippen LogP contribution in [-0.2, 0) is 4.79 Å². The van der Waals surface area contributed by atoms with E-state index < -0.39 is 0 Å². The van der Waals surface area contributed by atoms with Crippen molar-refractivity contribution in [3.63, 3.8) is 0 Å². The van der Waals surface area contributed by atoms with Crippen LogP contribution in [0.4, 0.5) is 11.4 Å². The van der Waals surface area contributed by atoms with Gasteiger partial charge in [0.1, 0.15) is 0 Å². The summed E-state index contributed by atoms with van der Waals surface area (Å²) in [7, 11) is 0. The Balaban J connectivity index is 1.50. The Morgan fingerprint density at radius 1 is 1.00 bits per heavy atom. The summed E-state index contributed by atoms with van der Waals surface area (Å²) in [5.41, 5.74) is 3.87. The molecule has 4 nitrogen and oxygen atoms in total. The van der Waals surface area contributed by atoms with Gasteiger partial charge in [-0.2, -0.15) is 0 Å². The molecule has 2 aliphatic heterocycles. The lowest BCUT2D eigenvalue weighted by molar-refractivity contribution is -0.110. The van der Waals surface area contributed by atoms with Gasteiger partial charge in [0.25, 0.3) is 5.91 Å². The second kappa shape index (κ2) is 6.32. The predicted octanol–water partition coefficient (Wildman–Crippen LogP) is 3.56. The molecule has 0 unspecified atom stereocenters. The Bertz CT molecular complexity index is 796. The smallest absolute Gasteiger partial charge is 0.257 e. The largest absolute Gasteiger partial charge is 0.373 e. The average molecular weight is 384 g/mol. The summed E-state index contributed by atoms with van der Waals surface area (Å²) in [6.07, 6.45) is 2.01. The third-order valence-electron chi connectivity index (χ3n) is 4.51. The second-order valence-electron chi connectivity index (χ2n) is 6.05. The van der Waals surface area contributed by atoms with Crippen LogP contribution in [0.25, 0.3) is 5.57 Å². The molecule has 0 aromatic heterocycles. The normalized spacial score (nSPS) is 18.7. The van der Waals surface area contributed by atoms with Gasteiger partial charge in [0.2, 0.25) is 0 Å². The first-order valence-corrected chi connectivity index (χ1v) is 8.87. The van der Waals surface area contributed by atoms with E-state index in [-0.39, 0.29) is 5.91 Å². The number of halogens is 1. The zero-order chi connectivity index (χ0) is 16.5. The van der Waals surface area contributed by atoms with Crippen molar-refractivity contribution in [3.05, 3.63) is 64.8 Å². The van der Waals surface area contributed by atoms with Crippen LogP contribution in [0.5, 0.6) is 0 Å². The van der Waals surface area contributed by atoms with Crippen LogP contribution in [-0.4, -0.2) is 37.0 Å². The SMILES string of the molecule is O=C1Nc2ccc(Br)cc2/C1=C\N1CCN(c2ccccc2)CC1. The molecule has 2 aromatic carbocycles. The Morgan fingerprint density at radius 3 is 2.50 bits per heavy atom. The molecule has 0 atom stereocenters. The first kappa shape index (κ1) is 15.3. The molecule has 1 fully saturated rings. The summed E-state index contributed by atoms with van der Waals surface area (Å²) in [5.74, 6) is -0.0198. The number of carbonyl (C=O) groups excluding carboxylic acids is 1. The van der Waals surface area contributed by atoms with Crippen molar-refractivity contribution in [3.8, 4) is 0 Å². The average Bonchev–Trinajstić information content (AvgIpc) is 2.92. The monoisotopic (exact) mass is 383 g/mol. The molecule has 0 bridgehead atoms. The van der Waals surface area contributed by atoms with Crippen molar-refractivity contribution in [1.29, 1.82) is 0 Å². The molecule has 24 heavy (non-hydrogen) atoms. The van der Waals surface area contributed by atoms with Crippen LogP contribution >= 0.6 is 15.9 Å². The molecular formula is C19H18BrN3O. The van der Waals surface area contributed by atoms with Gasteiger partial charge in [-0.05, 0) is 30.3 Å². The van der Waals surface area contributed by atoms with E-state index in [0.717, 1.165) is 47.5 Å². The molecule has 1 amide bonds. The molecule has 0 aliphatic carbocycles. The highest BCUT2D eigenvalue weighted by molar-refractivity contribution is 9.10. The van der Waals surface area contributed by atoms with Gasteiger partial charge < -0.3 is 15.1 Å². The van der Waals surface area contributed by atoms with Crippen LogP contribution in [0.2, 0.25) is 0 Å². The summed E-state index contributed by atoms with van der Waals surface area (Å²) in [6, 6.07) is 16.4. The lowest BCUT2D eigenvalue weighted by atomic mass is 10.1. The highest BCUT2D eigenvalue weighted by Gasteiger charge is 2.26. The number of benzene rings is 2. The van der Waals surface area contributed by atoms with Gasteiger partial charge >= 0.3 is 0 Å². The maximum atomic E-state index is 12.3. The maximum absolute atomic E-state index is 12.3. The zero-order valence-electron chi connectivity index (χ0n) is 13.2. The number of piperazine rings is 1. The van der Waals surface area contributed by atoms with E-state index in [1.165, 1.54) is 5.69 Å². The third kappa shape index (κ3) is 2.91. The molecule has 5 heteroatoms. The Labute approximate surface area is 149 Å². The topological polar surface area (TPSA) is 35.6 Å². The van der Waals surface area contributed by atoms with E-state index in [1.54, 1.807) is 0 Å². The highest BCUT2D eigenvalue weighted by atomic mass is 79.9. The highest BCUT2D eigenvalue weighted by Crippen LogP contribution is 2.34. The van der Waals surface area contributed by atoms with Gasteiger partial charge in [0, 0.05) is 53.8 Å². The maximum Gasteiger partial charge on any atom is 0.257 e. The fourth-order valence-electron chi connectivity index (χ4n) is 3.22. The van der Waals surface area contributed by atoms with Crippen LogP contribution in [0.15, 0.2) is 59.2 Å². The van der Waals surface area contributed by atoms with Crippen LogP contribution in [0, 0.1) is 0 Å². The minimum atomic E-state index is -0.0198. The van der Waals surface area contributed by atoms with Gasteiger partial charge in [-0.25, -0.2) is 0 Å². The van der Waals surface area contributed by atoms with Crippen molar-refractivity contribution in [2.24, 2.45) is 0 Å². The fraction of sp³-hybridized carbons (Fsp3) is 0.211. The first-order chi connectivity index (χ1) is 11.7. The van der Waals surface area contributed by atoms with E-state index in [4.69, 9.17) is 0 Å². The summed E-state index contributed by atoms with van der Waals surface area (Å²) < 4.78 is 0.984. The number of amides is 1. The summed E-state index contributed by atoms with van der Waals surface area (Å²) >= 11 is 3.48. The molecule has 2 aliphatic rings. The number of nitrogens with zero attached hydrogens (tertiary/aromatic N) is 2. The molecule has 1 saturated heterocycles. The Morgan fingerprint density at radius 2 is 1.75 bits per heavy atom. The van der Waals surface area contributed by atoms with Crippen molar-refractivity contribution in [2.75, 3.05) is 36.4 Å². The van der Waals surface area contributed by atoms with E-state index in [1.807, 2.05) is 30.5 Å². The number of hydrogen-bond acceptors (Lipinski definition) is 3. The Kier molecular flexibility index (Phi) is 4.02. The number of anilines is 2. The quantitative estimate of drug-likeness (QED) is 0.805. The standard InChI is InChI=1S/C19H18BrN3O/c20-14-6-7-18-16(12-14)17(19(24)21-18)13-22-8-10-23(11-9-22)15-4-2-1-3-5-15/h1-7,12-13H,8-11H2,(H,21,24)/b17-13+. The molecule has 2 aromatic rings. The van der Waals surface area contributed by atoms with Crippen molar-refractivity contribution in [1.82, 2.24) is 4.90 Å². The molecule has 1 N–H and O–H groups in total. The number of rotatable bonds is 2. The number of para-hydroxylation sites is 1.